The third-order valence-corrected chi connectivity index (χ3v) is 3.91. The number of carbonyl (C=O) groups excluding carboxylic acids is 1. The molecule has 5 nitrogen and oxygen atoms in total. The molecule has 2 heterocycles. The van der Waals surface area contributed by atoms with Gasteiger partial charge in [-0.2, -0.15) is 5.10 Å². The summed E-state index contributed by atoms with van der Waals surface area (Å²) in [6.45, 7) is 4.41. The van der Waals surface area contributed by atoms with Crippen LogP contribution in [-0.4, -0.2) is 20.7 Å². The number of pyridine rings is 1. The van der Waals surface area contributed by atoms with Crippen LogP contribution in [0.4, 0.5) is 0 Å². The van der Waals surface area contributed by atoms with E-state index in [9.17, 15) is 4.79 Å². The van der Waals surface area contributed by atoms with Gasteiger partial charge in [0.15, 0.2) is 0 Å². The van der Waals surface area contributed by atoms with E-state index in [1.165, 1.54) is 0 Å². The van der Waals surface area contributed by atoms with Gasteiger partial charge in [0.1, 0.15) is 0 Å². The summed E-state index contributed by atoms with van der Waals surface area (Å²) < 4.78 is 1.75. The van der Waals surface area contributed by atoms with Gasteiger partial charge in [0.25, 0.3) is 5.91 Å². The first-order chi connectivity index (χ1) is 11.5. The minimum absolute atomic E-state index is 0.0701. The zero-order valence-corrected chi connectivity index (χ0v) is 14.1. The van der Waals surface area contributed by atoms with Gasteiger partial charge < -0.3 is 5.32 Å². The summed E-state index contributed by atoms with van der Waals surface area (Å²) in [5.74, 6) is -0.0701. The summed E-state index contributed by atoms with van der Waals surface area (Å²) in [5.41, 5.74) is 5.78. The molecule has 0 aliphatic heterocycles. The first-order valence-corrected chi connectivity index (χ1v) is 7.81. The minimum atomic E-state index is -0.0701. The number of nitrogens with zero attached hydrogens (tertiary/aromatic N) is 3. The maximum atomic E-state index is 12.4. The highest BCUT2D eigenvalue weighted by Gasteiger charge is 2.09. The molecule has 0 spiro atoms. The zero-order chi connectivity index (χ0) is 17.1. The summed E-state index contributed by atoms with van der Waals surface area (Å²) in [5, 5.41) is 7.13. The highest BCUT2D eigenvalue weighted by Crippen LogP contribution is 2.18. The topological polar surface area (TPSA) is 59.8 Å². The average Bonchev–Trinajstić information content (AvgIpc) is 2.99. The van der Waals surface area contributed by atoms with Crippen LogP contribution in [0.3, 0.4) is 0 Å². The number of rotatable bonds is 4. The van der Waals surface area contributed by atoms with Crippen LogP contribution in [0.5, 0.6) is 0 Å². The fraction of sp³-hybridized carbons (Fsp3) is 0.211. The number of carbonyl (C=O) groups is 1. The minimum Gasteiger partial charge on any atom is -0.348 e. The van der Waals surface area contributed by atoms with E-state index in [2.05, 4.69) is 15.4 Å². The Morgan fingerprint density at radius 2 is 1.96 bits per heavy atom. The Balaban J connectivity index is 1.71. The fourth-order valence-corrected chi connectivity index (χ4v) is 2.66. The van der Waals surface area contributed by atoms with Crippen molar-refractivity contribution in [3.05, 3.63) is 71.3 Å². The van der Waals surface area contributed by atoms with Crippen LogP contribution < -0.4 is 5.32 Å². The number of amides is 1. The van der Waals surface area contributed by atoms with Gasteiger partial charge in [0, 0.05) is 48.9 Å². The van der Waals surface area contributed by atoms with Crippen LogP contribution >= 0.6 is 0 Å². The van der Waals surface area contributed by atoms with Crippen molar-refractivity contribution in [3.63, 3.8) is 0 Å². The van der Waals surface area contributed by atoms with Crippen molar-refractivity contribution in [2.75, 3.05) is 0 Å². The maximum Gasteiger partial charge on any atom is 0.251 e. The van der Waals surface area contributed by atoms with Crippen molar-refractivity contribution in [2.24, 2.45) is 7.05 Å². The molecule has 0 aliphatic rings. The average molecular weight is 320 g/mol. The highest BCUT2D eigenvalue weighted by atomic mass is 16.1. The Morgan fingerprint density at radius 1 is 1.12 bits per heavy atom. The number of nitrogens with one attached hydrogen (secondary N) is 1. The second-order valence-electron chi connectivity index (χ2n) is 5.99. The molecule has 0 saturated carbocycles. The van der Waals surface area contributed by atoms with E-state index in [0.717, 1.165) is 27.8 Å². The largest absolute Gasteiger partial charge is 0.348 e. The molecule has 24 heavy (non-hydrogen) atoms. The first kappa shape index (κ1) is 15.9. The smallest absolute Gasteiger partial charge is 0.251 e. The Hall–Kier alpha value is -2.95. The van der Waals surface area contributed by atoms with Gasteiger partial charge in [-0.25, -0.2) is 0 Å². The molecular formula is C19H20N4O. The molecule has 0 atom stereocenters. The normalized spacial score (nSPS) is 10.6. The van der Waals surface area contributed by atoms with Gasteiger partial charge in [-0.3, -0.25) is 14.5 Å². The van der Waals surface area contributed by atoms with Gasteiger partial charge in [-0.05, 0) is 37.1 Å². The molecule has 122 valence electrons. The summed E-state index contributed by atoms with van der Waals surface area (Å²) in [7, 11) is 1.88. The number of aryl methyl sites for hydroxylation is 3. The molecule has 0 aliphatic carbocycles. The summed E-state index contributed by atoms with van der Waals surface area (Å²) >= 11 is 0. The second kappa shape index (κ2) is 6.66. The lowest BCUT2D eigenvalue weighted by molar-refractivity contribution is 0.0950. The van der Waals surface area contributed by atoms with Crippen LogP contribution in [0.2, 0.25) is 0 Å². The van der Waals surface area contributed by atoms with Crippen LogP contribution in [0.25, 0.3) is 11.1 Å². The van der Waals surface area contributed by atoms with E-state index < -0.39 is 0 Å². The molecule has 1 N–H and O–H groups in total. The molecule has 0 unspecified atom stereocenters. The van der Waals surface area contributed by atoms with E-state index in [1.54, 1.807) is 23.3 Å². The second-order valence-corrected chi connectivity index (χ2v) is 5.99. The van der Waals surface area contributed by atoms with Crippen LogP contribution in [-0.2, 0) is 13.6 Å². The first-order valence-electron chi connectivity index (χ1n) is 7.81. The molecule has 3 aromatic rings. The van der Waals surface area contributed by atoms with Crippen molar-refractivity contribution >= 4 is 5.91 Å². The number of benzene rings is 1. The molecule has 3 rings (SSSR count). The Bertz CT molecular complexity index is 883. The van der Waals surface area contributed by atoms with Crippen molar-refractivity contribution in [2.45, 2.75) is 20.4 Å². The van der Waals surface area contributed by atoms with E-state index in [0.29, 0.717) is 12.1 Å². The lowest BCUT2D eigenvalue weighted by atomic mass is 10.1. The van der Waals surface area contributed by atoms with E-state index in [4.69, 9.17) is 0 Å². The standard InChI is InChI=1S/C19H20N4O/c1-13-4-5-18(14(2)6-13)19(24)21-9-15-7-16(10-20-8-15)17-11-22-23(3)12-17/h4-8,10-12H,9H2,1-3H3,(H,21,24). The Labute approximate surface area is 141 Å². The predicted octanol–water partition coefficient (Wildman–Crippen LogP) is 3.03. The Kier molecular flexibility index (Phi) is 4.42. The lowest BCUT2D eigenvalue weighted by Crippen LogP contribution is -2.23. The zero-order valence-electron chi connectivity index (χ0n) is 14.1. The van der Waals surface area contributed by atoms with Crippen molar-refractivity contribution < 1.29 is 4.79 Å². The number of aromatic nitrogens is 3. The third-order valence-electron chi connectivity index (χ3n) is 3.91. The molecule has 0 radical (unpaired) electrons. The third kappa shape index (κ3) is 3.51. The van der Waals surface area contributed by atoms with Gasteiger partial charge in [-0.1, -0.05) is 17.7 Å². The quantitative estimate of drug-likeness (QED) is 0.804. The summed E-state index contributed by atoms with van der Waals surface area (Å²) in [4.78, 5) is 16.6. The van der Waals surface area contributed by atoms with Gasteiger partial charge >= 0.3 is 0 Å². The van der Waals surface area contributed by atoms with Gasteiger partial charge in [0.05, 0.1) is 6.20 Å². The van der Waals surface area contributed by atoms with Crippen LogP contribution in [0.1, 0.15) is 27.0 Å². The van der Waals surface area contributed by atoms with E-state index >= 15 is 0 Å². The Morgan fingerprint density at radius 3 is 2.67 bits per heavy atom. The monoisotopic (exact) mass is 320 g/mol. The molecule has 0 saturated heterocycles. The van der Waals surface area contributed by atoms with Crippen LogP contribution in [0.15, 0.2) is 49.1 Å². The predicted molar refractivity (Wildman–Crippen MR) is 93.5 cm³/mol. The summed E-state index contributed by atoms with van der Waals surface area (Å²) in [6.07, 6.45) is 7.30. The van der Waals surface area contributed by atoms with E-state index in [1.807, 2.05) is 51.4 Å². The van der Waals surface area contributed by atoms with Crippen molar-refractivity contribution in [1.82, 2.24) is 20.1 Å². The SMILES string of the molecule is Cc1ccc(C(=O)NCc2cncc(-c3cnn(C)c3)c2)c(C)c1. The molecule has 1 amide bonds. The van der Waals surface area contributed by atoms with Gasteiger partial charge in [0.2, 0.25) is 0 Å². The van der Waals surface area contributed by atoms with Gasteiger partial charge in [-0.15, -0.1) is 0 Å². The number of hydrogen-bond acceptors (Lipinski definition) is 3. The summed E-state index contributed by atoms with van der Waals surface area (Å²) in [6, 6.07) is 7.85. The fourth-order valence-electron chi connectivity index (χ4n) is 2.66. The van der Waals surface area contributed by atoms with Crippen molar-refractivity contribution in [3.8, 4) is 11.1 Å². The molecular weight excluding hydrogens is 300 g/mol. The lowest BCUT2D eigenvalue weighted by Gasteiger charge is -2.09. The van der Waals surface area contributed by atoms with Crippen LogP contribution in [0, 0.1) is 13.8 Å². The highest BCUT2D eigenvalue weighted by molar-refractivity contribution is 5.95. The van der Waals surface area contributed by atoms with Crippen molar-refractivity contribution in [1.29, 1.82) is 0 Å². The molecule has 5 heteroatoms. The number of hydrogen-bond donors (Lipinski definition) is 1. The molecule has 1 aromatic carbocycles. The molecule has 2 aromatic heterocycles. The molecule has 0 fully saturated rings. The maximum absolute atomic E-state index is 12.4. The van der Waals surface area contributed by atoms with E-state index in [-0.39, 0.29) is 5.91 Å². The molecule has 0 bridgehead atoms.